The molecule has 0 atom stereocenters. The fraction of sp³-hybridized carbons (Fsp3) is 0.375. The SMILES string of the molecule is CC(C)(C)C(=O)c1c[nH]c2ncc(-c3ccc4[nH]cc(C5CCNCC5)c4c3)nc12. The van der Waals surface area contributed by atoms with Gasteiger partial charge in [-0.05, 0) is 49.5 Å². The zero-order valence-corrected chi connectivity index (χ0v) is 17.7. The number of nitrogens with one attached hydrogen (secondary N) is 3. The van der Waals surface area contributed by atoms with E-state index in [-0.39, 0.29) is 5.78 Å². The zero-order chi connectivity index (χ0) is 20.9. The van der Waals surface area contributed by atoms with Crippen LogP contribution in [0.2, 0.25) is 0 Å². The summed E-state index contributed by atoms with van der Waals surface area (Å²) in [6.07, 6.45) is 7.98. The van der Waals surface area contributed by atoms with Crippen LogP contribution in [-0.4, -0.2) is 38.8 Å². The molecule has 1 aliphatic heterocycles. The van der Waals surface area contributed by atoms with E-state index < -0.39 is 5.41 Å². The molecule has 0 radical (unpaired) electrons. The average molecular weight is 402 g/mol. The molecular weight excluding hydrogens is 374 g/mol. The number of aromatic nitrogens is 4. The molecule has 1 aromatic carbocycles. The molecule has 4 heterocycles. The molecule has 0 bridgehead atoms. The van der Waals surface area contributed by atoms with Crippen molar-refractivity contribution >= 4 is 27.9 Å². The minimum absolute atomic E-state index is 0.0643. The van der Waals surface area contributed by atoms with Gasteiger partial charge in [0.25, 0.3) is 0 Å². The third-order valence-electron chi connectivity index (χ3n) is 6.10. The molecule has 0 saturated carbocycles. The van der Waals surface area contributed by atoms with E-state index >= 15 is 0 Å². The molecule has 1 fully saturated rings. The van der Waals surface area contributed by atoms with Crippen molar-refractivity contribution in [3.63, 3.8) is 0 Å². The molecule has 6 nitrogen and oxygen atoms in total. The first-order chi connectivity index (χ1) is 14.4. The van der Waals surface area contributed by atoms with E-state index in [1.165, 1.54) is 10.9 Å². The average Bonchev–Trinajstić information content (AvgIpc) is 3.36. The Balaban J connectivity index is 1.58. The first kappa shape index (κ1) is 19.0. The summed E-state index contributed by atoms with van der Waals surface area (Å²) in [5, 5.41) is 4.69. The van der Waals surface area contributed by atoms with Crippen LogP contribution in [0.4, 0.5) is 0 Å². The van der Waals surface area contributed by atoms with E-state index in [9.17, 15) is 4.79 Å². The van der Waals surface area contributed by atoms with Crippen molar-refractivity contribution in [1.29, 1.82) is 0 Å². The van der Waals surface area contributed by atoms with Crippen molar-refractivity contribution in [3.05, 3.63) is 47.9 Å². The first-order valence-corrected chi connectivity index (χ1v) is 10.6. The number of ketones is 1. The Morgan fingerprint density at radius 2 is 1.90 bits per heavy atom. The van der Waals surface area contributed by atoms with Gasteiger partial charge < -0.3 is 15.3 Å². The van der Waals surface area contributed by atoms with Gasteiger partial charge in [-0.15, -0.1) is 0 Å². The smallest absolute Gasteiger partial charge is 0.171 e. The minimum atomic E-state index is -0.472. The number of H-pyrrole nitrogens is 2. The summed E-state index contributed by atoms with van der Waals surface area (Å²) in [5.41, 5.74) is 5.74. The Morgan fingerprint density at radius 3 is 2.67 bits per heavy atom. The lowest BCUT2D eigenvalue weighted by atomic mass is 9.87. The number of hydrogen-bond donors (Lipinski definition) is 3. The van der Waals surface area contributed by atoms with Crippen LogP contribution in [0.1, 0.15) is 55.5 Å². The summed E-state index contributed by atoms with van der Waals surface area (Å²) in [7, 11) is 0. The van der Waals surface area contributed by atoms with Crippen LogP contribution in [0.25, 0.3) is 33.3 Å². The third-order valence-corrected chi connectivity index (χ3v) is 6.10. The summed E-state index contributed by atoms with van der Waals surface area (Å²) < 4.78 is 0. The summed E-state index contributed by atoms with van der Waals surface area (Å²) >= 11 is 0. The quantitative estimate of drug-likeness (QED) is 0.430. The number of carbonyl (C=O) groups excluding carboxylic acids is 1. The number of hydrogen-bond acceptors (Lipinski definition) is 4. The van der Waals surface area contributed by atoms with Gasteiger partial charge in [-0.3, -0.25) is 4.79 Å². The van der Waals surface area contributed by atoms with Gasteiger partial charge in [0.15, 0.2) is 11.4 Å². The highest BCUT2D eigenvalue weighted by Crippen LogP contribution is 2.34. The molecule has 1 saturated heterocycles. The Morgan fingerprint density at radius 1 is 1.10 bits per heavy atom. The molecule has 154 valence electrons. The molecule has 3 aromatic heterocycles. The lowest BCUT2D eigenvalue weighted by Gasteiger charge is -2.22. The number of piperidine rings is 1. The van der Waals surface area contributed by atoms with Gasteiger partial charge in [0, 0.05) is 34.3 Å². The highest BCUT2D eigenvalue weighted by Gasteiger charge is 2.26. The molecule has 0 unspecified atom stereocenters. The van der Waals surface area contributed by atoms with Crippen molar-refractivity contribution in [3.8, 4) is 11.3 Å². The monoisotopic (exact) mass is 401 g/mol. The number of nitrogens with zero attached hydrogens (tertiary/aromatic N) is 2. The van der Waals surface area contributed by atoms with E-state index in [4.69, 9.17) is 4.98 Å². The normalized spacial score (nSPS) is 15.8. The number of Topliss-reactive ketones (excluding diaryl/α,β-unsaturated/α-hetero) is 1. The van der Waals surface area contributed by atoms with Crippen LogP contribution >= 0.6 is 0 Å². The molecule has 3 N–H and O–H groups in total. The number of aromatic amines is 2. The van der Waals surface area contributed by atoms with E-state index in [1.54, 1.807) is 12.4 Å². The maximum absolute atomic E-state index is 12.9. The van der Waals surface area contributed by atoms with Gasteiger partial charge in [0.2, 0.25) is 0 Å². The molecule has 6 heteroatoms. The Kier molecular flexibility index (Phi) is 4.47. The Bertz CT molecular complexity index is 1240. The van der Waals surface area contributed by atoms with Gasteiger partial charge in [0.1, 0.15) is 5.52 Å². The lowest BCUT2D eigenvalue weighted by molar-refractivity contribution is 0.0860. The maximum atomic E-state index is 12.9. The van der Waals surface area contributed by atoms with Crippen molar-refractivity contribution < 1.29 is 4.79 Å². The largest absolute Gasteiger partial charge is 0.361 e. The number of fused-ring (bicyclic) bond motifs is 2. The van der Waals surface area contributed by atoms with Crippen LogP contribution in [0.5, 0.6) is 0 Å². The van der Waals surface area contributed by atoms with Gasteiger partial charge in [-0.1, -0.05) is 26.8 Å². The number of rotatable bonds is 3. The van der Waals surface area contributed by atoms with Crippen LogP contribution in [0, 0.1) is 5.41 Å². The van der Waals surface area contributed by atoms with Crippen LogP contribution in [0.15, 0.2) is 36.8 Å². The Hall–Kier alpha value is -2.99. The van der Waals surface area contributed by atoms with Gasteiger partial charge in [0.05, 0.1) is 17.5 Å². The first-order valence-electron chi connectivity index (χ1n) is 10.6. The lowest BCUT2D eigenvalue weighted by Crippen LogP contribution is -2.26. The second kappa shape index (κ2) is 7.06. The highest BCUT2D eigenvalue weighted by molar-refractivity contribution is 6.08. The standard InChI is InChI=1S/C24H27N5O/c1-24(2,3)22(30)18-12-27-23-21(18)29-20(13-28-23)15-4-5-19-16(10-15)17(11-26-19)14-6-8-25-9-7-14/h4-5,10-14,25-26H,6-9H2,1-3H3,(H,27,28). The van der Waals surface area contributed by atoms with Gasteiger partial charge >= 0.3 is 0 Å². The van der Waals surface area contributed by atoms with Crippen molar-refractivity contribution in [2.24, 2.45) is 5.41 Å². The second-order valence-corrected chi connectivity index (χ2v) is 9.26. The Labute approximate surface area is 175 Å². The molecular formula is C24H27N5O. The van der Waals surface area contributed by atoms with Crippen LogP contribution in [0.3, 0.4) is 0 Å². The summed E-state index contributed by atoms with van der Waals surface area (Å²) in [4.78, 5) is 28.7. The molecule has 5 rings (SSSR count). The summed E-state index contributed by atoms with van der Waals surface area (Å²) in [6, 6.07) is 6.38. The highest BCUT2D eigenvalue weighted by atomic mass is 16.1. The zero-order valence-electron chi connectivity index (χ0n) is 17.7. The molecule has 1 aliphatic rings. The minimum Gasteiger partial charge on any atom is -0.361 e. The topological polar surface area (TPSA) is 86.5 Å². The molecule has 0 spiro atoms. The fourth-order valence-electron chi connectivity index (χ4n) is 4.38. The maximum Gasteiger partial charge on any atom is 0.171 e. The van der Waals surface area contributed by atoms with E-state index in [2.05, 4.69) is 44.7 Å². The molecule has 0 aliphatic carbocycles. The number of carbonyl (C=O) groups is 1. The van der Waals surface area contributed by atoms with Gasteiger partial charge in [-0.2, -0.15) is 0 Å². The van der Waals surface area contributed by atoms with Crippen molar-refractivity contribution in [1.82, 2.24) is 25.3 Å². The third kappa shape index (κ3) is 3.21. The van der Waals surface area contributed by atoms with Crippen molar-refractivity contribution in [2.45, 2.75) is 39.5 Å². The van der Waals surface area contributed by atoms with E-state index in [0.717, 1.165) is 42.7 Å². The molecule has 30 heavy (non-hydrogen) atoms. The molecule has 4 aromatic rings. The van der Waals surface area contributed by atoms with Gasteiger partial charge in [-0.25, -0.2) is 9.97 Å². The predicted octanol–water partition coefficient (Wildman–Crippen LogP) is 4.80. The summed E-state index contributed by atoms with van der Waals surface area (Å²) in [5.74, 6) is 0.638. The predicted molar refractivity (Wildman–Crippen MR) is 120 cm³/mol. The van der Waals surface area contributed by atoms with E-state index in [0.29, 0.717) is 22.6 Å². The van der Waals surface area contributed by atoms with E-state index in [1.807, 2.05) is 20.8 Å². The second-order valence-electron chi connectivity index (χ2n) is 9.26. The summed E-state index contributed by atoms with van der Waals surface area (Å²) in [6.45, 7) is 7.91. The fourth-order valence-corrected chi connectivity index (χ4v) is 4.38. The van der Waals surface area contributed by atoms with Crippen molar-refractivity contribution in [2.75, 3.05) is 13.1 Å². The molecule has 0 amide bonds. The number of benzene rings is 1. The van der Waals surface area contributed by atoms with Crippen LogP contribution < -0.4 is 5.32 Å². The van der Waals surface area contributed by atoms with Crippen LogP contribution in [-0.2, 0) is 0 Å².